The van der Waals surface area contributed by atoms with Crippen molar-refractivity contribution in [2.45, 2.75) is 32.7 Å². The zero-order chi connectivity index (χ0) is 11.6. The Bertz CT molecular complexity index is 343. The summed E-state index contributed by atoms with van der Waals surface area (Å²) in [5.41, 5.74) is 0.161. The highest BCUT2D eigenvalue weighted by Crippen LogP contribution is 2.40. The normalized spacial score (nSPS) is 18.8. The Morgan fingerprint density at radius 3 is 2.62 bits per heavy atom. The second kappa shape index (κ2) is 4.77. The average molecular weight is 241 g/mol. The van der Waals surface area contributed by atoms with Gasteiger partial charge in [-0.05, 0) is 26.8 Å². The van der Waals surface area contributed by atoms with Crippen molar-refractivity contribution in [2.75, 3.05) is 20.2 Å². The third-order valence-electron chi connectivity index (χ3n) is 3.33. The van der Waals surface area contributed by atoms with Gasteiger partial charge in [0.05, 0.1) is 6.54 Å². The zero-order valence-electron chi connectivity index (χ0n) is 9.94. The van der Waals surface area contributed by atoms with Crippen molar-refractivity contribution in [1.29, 1.82) is 0 Å². The molecule has 0 atom stereocenters. The van der Waals surface area contributed by atoms with Crippen LogP contribution in [-0.4, -0.2) is 40.4 Å². The Morgan fingerprint density at radius 1 is 1.44 bits per heavy atom. The van der Waals surface area contributed by atoms with Gasteiger partial charge in [0, 0.05) is 18.6 Å². The van der Waals surface area contributed by atoms with E-state index in [2.05, 4.69) is 22.1 Å². The van der Waals surface area contributed by atoms with Crippen molar-refractivity contribution in [3.63, 3.8) is 0 Å². The predicted octanol–water partition coefficient (Wildman–Crippen LogP) is 1.44. The maximum absolute atomic E-state index is 9.40. The quantitative estimate of drug-likeness (QED) is 0.847. The van der Waals surface area contributed by atoms with Crippen LogP contribution in [0.4, 0.5) is 0 Å². The number of hydrogen-bond donors (Lipinski definition) is 1. The van der Waals surface area contributed by atoms with E-state index in [4.69, 9.17) is 0 Å². The summed E-state index contributed by atoms with van der Waals surface area (Å²) in [6.07, 6.45) is 3.57. The molecule has 1 aromatic rings. The molecule has 1 fully saturated rings. The molecule has 0 radical (unpaired) electrons. The van der Waals surface area contributed by atoms with Gasteiger partial charge in [-0.25, -0.2) is 0 Å². The molecule has 0 spiro atoms. The number of aliphatic hydroxyl groups is 1. The number of rotatable bonds is 5. The van der Waals surface area contributed by atoms with Crippen LogP contribution in [-0.2, 0) is 6.54 Å². The van der Waals surface area contributed by atoms with E-state index in [9.17, 15) is 5.11 Å². The molecule has 2 rings (SSSR count). The Morgan fingerprint density at radius 2 is 2.19 bits per heavy atom. The number of hydrogen-bond acceptors (Lipinski definition) is 5. The fourth-order valence-corrected chi connectivity index (χ4v) is 3.09. The lowest BCUT2D eigenvalue weighted by molar-refractivity contribution is 0.0127. The Balaban J connectivity index is 1.86. The highest BCUT2D eigenvalue weighted by molar-refractivity contribution is 7.11. The second-order valence-corrected chi connectivity index (χ2v) is 6.16. The van der Waals surface area contributed by atoms with Gasteiger partial charge in [0.1, 0.15) is 10.0 Å². The molecule has 4 nitrogen and oxygen atoms in total. The first-order valence-electron chi connectivity index (χ1n) is 5.72. The molecule has 16 heavy (non-hydrogen) atoms. The molecule has 0 aromatic carbocycles. The second-order valence-electron chi connectivity index (χ2n) is 4.90. The molecule has 1 aromatic heterocycles. The molecular weight excluding hydrogens is 222 g/mol. The van der Waals surface area contributed by atoms with E-state index in [0.717, 1.165) is 35.9 Å². The fourth-order valence-electron chi connectivity index (χ4n) is 2.30. The SMILES string of the molecule is Cc1nnc(CN(C)CC2(CO)CCC2)s1. The number of aliphatic hydroxyl groups excluding tert-OH is 1. The Labute approximate surface area is 100 Å². The summed E-state index contributed by atoms with van der Waals surface area (Å²) in [7, 11) is 2.09. The molecule has 0 bridgehead atoms. The van der Waals surface area contributed by atoms with Crippen LogP contribution in [0.15, 0.2) is 0 Å². The van der Waals surface area contributed by atoms with Gasteiger partial charge in [0.15, 0.2) is 0 Å². The van der Waals surface area contributed by atoms with Gasteiger partial charge >= 0.3 is 0 Å². The molecule has 5 heteroatoms. The highest BCUT2D eigenvalue weighted by atomic mass is 32.1. The van der Waals surface area contributed by atoms with Crippen molar-refractivity contribution in [1.82, 2.24) is 15.1 Å². The van der Waals surface area contributed by atoms with Crippen LogP contribution in [0.1, 0.15) is 29.3 Å². The lowest BCUT2D eigenvalue weighted by Gasteiger charge is -2.42. The van der Waals surface area contributed by atoms with Crippen molar-refractivity contribution < 1.29 is 5.11 Å². The minimum Gasteiger partial charge on any atom is -0.396 e. The van der Waals surface area contributed by atoms with E-state index in [-0.39, 0.29) is 5.41 Å². The molecule has 1 heterocycles. The summed E-state index contributed by atoms with van der Waals surface area (Å²) in [6, 6.07) is 0. The number of aromatic nitrogens is 2. The lowest BCUT2D eigenvalue weighted by atomic mass is 9.69. The largest absolute Gasteiger partial charge is 0.396 e. The van der Waals surface area contributed by atoms with Gasteiger partial charge in [-0.15, -0.1) is 21.5 Å². The van der Waals surface area contributed by atoms with E-state index in [0.29, 0.717) is 6.61 Å². The first-order chi connectivity index (χ1) is 7.63. The summed E-state index contributed by atoms with van der Waals surface area (Å²) >= 11 is 1.65. The first kappa shape index (κ1) is 12.0. The van der Waals surface area contributed by atoms with Gasteiger partial charge in [-0.3, -0.25) is 4.90 Å². The first-order valence-corrected chi connectivity index (χ1v) is 6.54. The molecule has 1 aliphatic rings. The topological polar surface area (TPSA) is 49.2 Å². The van der Waals surface area contributed by atoms with Crippen LogP contribution in [0.25, 0.3) is 0 Å². The molecule has 0 unspecified atom stereocenters. The Kier molecular flexibility index (Phi) is 3.56. The smallest absolute Gasteiger partial charge is 0.131 e. The van der Waals surface area contributed by atoms with Gasteiger partial charge in [-0.2, -0.15) is 0 Å². The molecule has 90 valence electrons. The van der Waals surface area contributed by atoms with Crippen LogP contribution in [0, 0.1) is 12.3 Å². The predicted molar refractivity (Wildman–Crippen MR) is 64.3 cm³/mol. The van der Waals surface area contributed by atoms with Crippen LogP contribution in [0.3, 0.4) is 0 Å². The number of nitrogens with zero attached hydrogens (tertiary/aromatic N) is 3. The van der Waals surface area contributed by atoms with Gasteiger partial charge in [0.25, 0.3) is 0 Å². The van der Waals surface area contributed by atoms with Crippen molar-refractivity contribution >= 4 is 11.3 Å². The van der Waals surface area contributed by atoms with Gasteiger partial charge in [-0.1, -0.05) is 6.42 Å². The molecular formula is C11H19N3OS. The summed E-state index contributed by atoms with van der Waals surface area (Å²) in [6.45, 7) is 4.09. The van der Waals surface area contributed by atoms with E-state index in [1.807, 2.05) is 6.92 Å². The van der Waals surface area contributed by atoms with E-state index < -0.39 is 0 Å². The molecule has 1 aliphatic carbocycles. The van der Waals surface area contributed by atoms with Crippen molar-refractivity contribution in [2.24, 2.45) is 5.41 Å². The lowest BCUT2D eigenvalue weighted by Crippen LogP contribution is -2.43. The fraction of sp³-hybridized carbons (Fsp3) is 0.818. The zero-order valence-corrected chi connectivity index (χ0v) is 10.8. The molecule has 0 saturated heterocycles. The monoisotopic (exact) mass is 241 g/mol. The third kappa shape index (κ3) is 2.59. The van der Waals surface area contributed by atoms with Crippen LogP contribution in [0.2, 0.25) is 0 Å². The van der Waals surface area contributed by atoms with Crippen LogP contribution >= 0.6 is 11.3 Å². The maximum Gasteiger partial charge on any atom is 0.131 e. The molecule has 0 amide bonds. The highest BCUT2D eigenvalue weighted by Gasteiger charge is 2.37. The standard InChI is InChI=1S/C11H19N3OS/c1-9-12-13-10(16-9)6-14(2)7-11(8-15)4-3-5-11/h15H,3-8H2,1-2H3. The molecule has 0 aliphatic heterocycles. The van der Waals surface area contributed by atoms with E-state index in [1.54, 1.807) is 11.3 Å². The Hall–Kier alpha value is -0.520. The maximum atomic E-state index is 9.40. The molecule has 1 saturated carbocycles. The summed E-state index contributed by atoms with van der Waals surface area (Å²) < 4.78 is 0. The summed E-state index contributed by atoms with van der Waals surface area (Å²) in [4.78, 5) is 2.25. The van der Waals surface area contributed by atoms with E-state index in [1.165, 1.54) is 6.42 Å². The van der Waals surface area contributed by atoms with Crippen molar-refractivity contribution in [3.8, 4) is 0 Å². The minimum absolute atomic E-state index is 0.161. The summed E-state index contributed by atoms with van der Waals surface area (Å²) in [5.74, 6) is 0. The van der Waals surface area contributed by atoms with Gasteiger partial charge < -0.3 is 5.11 Å². The van der Waals surface area contributed by atoms with E-state index >= 15 is 0 Å². The van der Waals surface area contributed by atoms with Gasteiger partial charge in [0.2, 0.25) is 0 Å². The number of aryl methyl sites for hydroxylation is 1. The van der Waals surface area contributed by atoms with Crippen LogP contribution < -0.4 is 0 Å². The minimum atomic E-state index is 0.161. The average Bonchev–Trinajstić information content (AvgIpc) is 2.57. The van der Waals surface area contributed by atoms with Crippen LogP contribution in [0.5, 0.6) is 0 Å². The van der Waals surface area contributed by atoms with Crippen molar-refractivity contribution in [3.05, 3.63) is 10.0 Å². The third-order valence-corrected chi connectivity index (χ3v) is 4.15. The molecule has 1 N–H and O–H groups in total. The summed E-state index contributed by atoms with van der Waals surface area (Å²) in [5, 5.41) is 19.6.